The van der Waals surface area contributed by atoms with Gasteiger partial charge in [-0.25, -0.2) is 4.98 Å². The number of anilines is 1. The molecule has 1 amide bonds. The minimum atomic E-state index is 0.127. The summed E-state index contributed by atoms with van der Waals surface area (Å²) >= 11 is 1.50. The van der Waals surface area contributed by atoms with Gasteiger partial charge in [0.25, 0.3) is 0 Å². The normalized spacial score (nSPS) is 13.1. The van der Waals surface area contributed by atoms with Crippen LogP contribution in [-0.2, 0) is 11.2 Å². The molecule has 0 bridgehead atoms. The molecule has 160 valence electrons. The standard InChI is InChI=1S/C27H25N3OS/c1-20-13-15-23(16-14-20)30-18-24(21-8-3-2-4-9-21)28-27(30)32-19-26(31)29-17-7-11-22-10-5-6-12-25(22)29/h2-6,8-10,12-16,18H,7,11,17,19H2,1H3. The Morgan fingerprint density at radius 1 is 0.969 bits per heavy atom. The van der Waals surface area contributed by atoms with Gasteiger partial charge < -0.3 is 4.90 Å². The second kappa shape index (κ2) is 9.05. The molecule has 0 fully saturated rings. The lowest BCUT2D eigenvalue weighted by Gasteiger charge is -2.29. The zero-order chi connectivity index (χ0) is 21.9. The topological polar surface area (TPSA) is 38.1 Å². The molecular formula is C27H25N3OS. The molecule has 0 saturated heterocycles. The molecule has 1 aromatic heterocycles. The first kappa shape index (κ1) is 20.6. The molecule has 0 saturated carbocycles. The predicted octanol–water partition coefficient (Wildman–Crippen LogP) is 5.92. The highest BCUT2D eigenvalue weighted by atomic mass is 32.2. The lowest BCUT2D eigenvalue weighted by atomic mass is 10.0. The Kier molecular flexibility index (Phi) is 5.82. The first-order valence-electron chi connectivity index (χ1n) is 10.9. The summed E-state index contributed by atoms with van der Waals surface area (Å²) in [5, 5.41) is 0.825. The monoisotopic (exact) mass is 439 g/mol. The van der Waals surface area contributed by atoms with E-state index in [0.717, 1.165) is 47.2 Å². The third-order valence-electron chi connectivity index (χ3n) is 5.79. The molecule has 5 heteroatoms. The summed E-state index contributed by atoms with van der Waals surface area (Å²) in [7, 11) is 0. The van der Waals surface area contributed by atoms with Gasteiger partial charge in [-0.3, -0.25) is 9.36 Å². The van der Waals surface area contributed by atoms with E-state index in [-0.39, 0.29) is 5.91 Å². The number of aromatic nitrogens is 2. The molecule has 0 atom stereocenters. The van der Waals surface area contributed by atoms with Crippen molar-refractivity contribution in [2.24, 2.45) is 0 Å². The number of benzene rings is 3. The molecule has 1 aliphatic rings. The summed E-state index contributed by atoms with van der Waals surface area (Å²) in [5.41, 5.74) is 6.54. The van der Waals surface area contributed by atoms with E-state index in [1.807, 2.05) is 35.2 Å². The van der Waals surface area contributed by atoms with Gasteiger partial charge in [-0.15, -0.1) is 0 Å². The zero-order valence-corrected chi connectivity index (χ0v) is 18.9. The highest BCUT2D eigenvalue weighted by molar-refractivity contribution is 7.99. The lowest BCUT2D eigenvalue weighted by Crippen LogP contribution is -2.36. The van der Waals surface area contributed by atoms with Crippen molar-refractivity contribution in [3.05, 3.63) is 96.2 Å². The van der Waals surface area contributed by atoms with Crippen molar-refractivity contribution in [2.45, 2.75) is 24.9 Å². The second-order valence-corrected chi connectivity index (χ2v) is 8.99. The summed E-state index contributed by atoms with van der Waals surface area (Å²) < 4.78 is 2.09. The third-order valence-corrected chi connectivity index (χ3v) is 6.73. The van der Waals surface area contributed by atoms with E-state index in [2.05, 4.69) is 66.2 Å². The minimum absolute atomic E-state index is 0.127. The van der Waals surface area contributed by atoms with E-state index in [1.165, 1.54) is 22.9 Å². The van der Waals surface area contributed by atoms with Gasteiger partial charge in [0, 0.05) is 29.7 Å². The number of rotatable bonds is 5. The van der Waals surface area contributed by atoms with Crippen LogP contribution in [0.1, 0.15) is 17.5 Å². The molecule has 0 N–H and O–H groups in total. The van der Waals surface area contributed by atoms with E-state index < -0.39 is 0 Å². The van der Waals surface area contributed by atoms with Gasteiger partial charge in [0.1, 0.15) is 0 Å². The van der Waals surface area contributed by atoms with E-state index in [1.54, 1.807) is 0 Å². The van der Waals surface area contributed by atoms with E-state index in [4.69, 9.17) is 4.98 Å². The number of amides is 1. The Balaban J connectivity index is 1.42. The molecule has 32 heavy (non-hydrogen) atoms. The molecule has 3 aromatic carbocycles. The Bertz CT molecular complexity index is 1230. The van der Waals surface area contributed by atoms with Crippen LogP contribution in [-0.4, -0.2) is 27.8 Å². The number of thioether (sulfide) groups is 1. The van der Waals surface area contributed by atoms with Crippen LogP contribution in [0.5, 0.6) is 0 Å². The van der Waals surface area contributed by atoms with Gasteiger partial charge in [-0.05, 0) is 43.5 Å². The number of imidazole rings is 1. The maximum Gasteiger partial charge on any atom is 0.237 e. The van der Waals surface area contributed by atoms with Crippen molar-refractivity contribution >= 4 is 23.4 Å². The fraction of sp³-hybridized carbons (Fsp3) is 0.185. The van der Waals surface area contributed by atoms with Gasteiger partial charge in [0.05, 0.1) is 11.4 Å². The summed E-state index contributed by atoms with van der Waals surface area (Å²) in [6, 6.07) is 26.8. The van der Waals surface area contributed by atoms with Crippen molar-refractivity contribution in [3.8, 4) is 16.9 Å². The van der Waals surface area contributed by atoms with Crippen LogP contribution in [0.3, 0.4) is 0 Å². The molecule has 4 aromatic rings. The van der Waals surface area contributed by atoms with Crippen molar-refractivity contribution in [1.29, 1.82) is 0 Å². The Labute approximate surface area is 192 Å². The lowest BCUT2D eigenvalue weighted by molar-refractivity contribution is -0.116. The number of para-hydroxylation sites is 1. The van der Waals surface area contributed by atoms with Gasteiger partial charge in [-0.1, -0.05) is 78.0 Å². The van der Waals surface area contributed by atoms with Crippen LogP contribution in [0, 0.1) is 6.92 Å². The summed E-state index contributed by atoms with van der Waals surface area (Å²) in [6.07, 6.45) is 4.10. The largest absolute Gasteiger partial charge is 0.311 e. The van der Waals surface area contributed by atoms with Crippen LogP contribution in [0.25, 0.3) is 16.9 Å². The van der Waals surface area contributed by atoms with Gasteiger partial charge in [-0.2, -0.15) is 0 Å². The van der Waals surface area contributed by atoms with Crippen molar-refractivity contribution in [2.75, 3.05) is 17.2 Å². The number of hydrogen-bond acceptors (Lipinski definition) is 3. The maximum absolute atomic E-state index is 13.2. The molecule has 0 aliphatic carbocycles. The minimum Gasteiger partial charge on any atom is -0.311 e. The summed E-state index contributed by atoms with van der Waals surface area (Å²) in [6.45, 7) is 2.86. The molecule has 0 radical (unpaired) electrons. The fourth-order valence-corrected chi connectivity index (χ4v) is 4.97. The van der Waals surface area contributed by atoms with Gasteiger partial charge in [0.15, 0.2) is 5.16 Å². The smallest absolute Gasteiger partial charge is 0.237 e. The van der Waals surface area contributed by atoms with Crippen molar-refractivity contribution in [1.82, 2.24) is 9.55 Å². The molecule has 2 heterocycles. The first-order valence-corrected chi connectivity index (χ1v) is 11.9. The Morgan fingerprint density at radius 2 is 1.72 bits per heavy atom. The van der Waals surface area contributed by atoms with Gasteiger partial charge >= 0.3 is 0 Å². The average Bonchev–Trinajstić information content (AvgIpc) is 3.27. The summed E-state index contributed by atoms with van der Waals surface area (Å²) in [5.74, 6) is 0.479. The van der Waals surface area contributed by atoms with E-state index in [9.17, 15) is 4.79 Å². The Hall–Kier alpha value is -3.31. The fourth-order valence-electron chi connectivity index (χ4n) is 4.10. The van der Waals surface area contributed by atoms with Crippen LogP contribution < -0.4 is 4.90 Å². The van der Waals surface area contributed by atoms with Crippen LogP contribution in [0.2, 0.25) is 0 Å². The Morgan fingerprint density at radius 3 is 2.53 bits per heavy atom. The van der Waals surface area contributed by atoms with Crippen molar-refractivity contribution < 1.29 is 4.79 Å². The first-order chi connectivity index (χ1) is 15.7. The average molecular weight is 440 g/mol. The number of fused-ring (bicyclic) bond motifs is 1. The van der Waals surface area contributed by atoms with Crippen LogP contribution in [0.4, 0.5) is 5.69 Å². The summed E-state index contributed by atoms with van der Waals surface area (Å²) in [4.78, 5) is 20.0. The molecule has 5 rings (SSSR count). The molecule has 4 nitrogen and oxygen atoms in total. The SMILES string of the molecule is Cc1ccc(-n2cc(-c3ccccc3)nc2SCC(=O)N2CCCc3ccccc32)cc1. The van der Waals surface area contributed by atoms with Crippen molar-refractivity contribution in [3.63, 3.8) is 0 Å². The third kappa shape index (κ3) is 4.21. The number of carbonyl (C=O) groups is 1. The highest BCUT2D eigenvalue weighted by Crippen LogP contribution is 2.30. The van der Waals surface area contributed by atoms with Crippen LogP contribution in [0.15, 0.2) is 90.2 Å². The quantitative estimate of drug-likeness (QED) is 0.362. The number of aryl methyl sites for hydroxylation is 2. The van der Waals surface area contributed by atoms with Gasteiger partial charge in [0.2, 0.25) is 5.91 Å². The predicted molar refractivity (Wildman–Crippen MR) is 132 cm³/mol. The number of nitrogens with zero attached hydrogens (tertiary/aromatic N) is 3. The molecular weight excluding hydrogens is 414 g/mol. The number of hydrogen-bond donors (Lipinski definition) is 0. The number of carbonyl (C=O) groups excluding carboxylic acids is 1. The van der Waals surface area contributed by atoms with Crippen LogP contribution >= 0.6 is 11.8 Å². The maximum atomic E-state index is 13.2. The highest BCUT2D eigenvalue weighted by Gasteiger charge is 2.23. The molecule has 0 unspecified atom stereocenters. The second-order valence-electron chi connectivity index (χ2n) is 8.05. The molecule has 1 aliphatic heterocycles. The zero-order valence-electron chi connectivity index (χ0n) is 18.1. The van der Waals surface area contributed by atoms with E-state index >= 15 is 0 Å². The molecule has 0 spiro atoms. The van der Waals surface area contributed by atoms with E-state index in [0.29, 0.717) is 5.75 Å².